The highest BCUT2D eigenvalue weighted by Crippen LogP contribution is 2.20. The number of hydrogen-bond acceptors (Lipinski definition) is 6. The Labute approximate surface area is 149 Å². The molecule has 1 aromatic carbocycles. The van der Waals surface area contributed by atoms with Crippen molar-refractivity contribution in [1.82, 2.24) is 19.4 Å². The zero-order chi connectivity index (χ0) is 19.2. The molecule has 1 aromatic heterocycles. The predicted molar refractivity (Wildman–Crippen MR) is 89.1 cm³/mol. The second kappa shape index (κ2) is 6.30. The molecule has 0 spiro atoms. The highest BCUT2D eigenvalue weighted by atomic mass is 35.5. The number of aryl methyl sites for hydroxylation is 1. The van der Waals surface area contributed by atoms with E-state index in [9.17, 15) is 23.6 Å². The lowest BCUT2D eigenvalue weighted by Gasteiger charge is -2.20. The van der Waals surface area contributed by atoms with Crippen molar-refractivity contribution in [3.05, 3.63) is 55.6 Å². The fourth-order valence-electron chi connectivity index (χ4n) is 2.44. The van der Waals surface area contributed by atoms with Crippen LogP contribution in [-0.4, -0.2) is 44.3 Å². The number of hydrazone groups is 1. The standard InChI is InChI=1S/C15H11ClFN5O4/c1-20-14(25)12(23)8(6-18-20)11-13(24)22(15(26)21(2)19-11)10-4-3-7(17)5-9(10)16/h3-6,8H,1-2H3. The summed E-state index contributed by atoms with van der Waals surface area (Å²) in [6.45, 7) is 0. The summed E-state index contributed by atoms with van der Waals surface area (Å²) in [6.07, 6.45) is 1.09. The Bertz CT molecular complexity index is 1090. The quantitative estimate of drug-likeness (QED) is 0.674. The molecule has 9 nitrogen and oxygen atoms in total. The van der Waals surface area contributed by atoms with Crippen molar-refractivity contribution < 1.29 is 14.0 Å². The minimum Gasteiger partial charge on any atom is -0.287 e. The summed E-state index contributed by atoms with van der Waals surface area (Å²) in [4.78, 5) is 49.2. The first-order valence-electron chi connectivity index (χ1n) is 7.24. The van der Waals surface area contributed by atoms with Gasteiger partial charge in [0.25, 0.3) is 5.56 Å². The number of hydrogen-bond donors (Lipinski definition) is 0. The maximum atomic E-state index is 13.3. The summed E-state index contributed by atoms with van der Waals surface area (Å²) in [5.41, 5.74) is -2.26. The number of amides is 1. The zero-order valence-electron chi connectivity index (χ0n) is 13.5. The molecule has 134 valence electrons. The van der Waals surface area contributed by atoms with E-state index < -0.39 is 34.7 Å². The highest BCUT2D eigenvalue weighted by Gasteiger charge is 2.35. The van der Waals surface area contributed by atoms with Gasteiger partial charge < -0.3 is 0 Å². The molecule has 1 aliphatic heterocycles. The number of carbonyl (C=O) groups is 2. The van der Waals surface area contributed by atoms with E-state index in [2.05, 4.69) is 10.2 Å². The highest BCUT2D eigenvalue weighted by molar-refractivity contribution is 6.42. The zero-order valence-corrected chi connectivity index (χ0v) is 14.3. The van der Waals surface area contributed by atoms with E-state index in [-0.39, 0.29) is 16.4 Å². The first kappa shape index (κ1) is 17.7. The van der Waals surface area contributed by atoms with Crippen LogP contribution in [-0.2, 0) is 16.6 Å². The van der Waals surface area contributed by atoms with E-state index in [1.807, 2.05) is 0 Å². The number of nitrogens with zero attached hydrogens (tertiary/aromatic N) is 5. The number of likely N-dealkylation sites (N-methyl/N-ethyl adjacent to an activating group) is 1. The Morgan fingerprint density at radius 3 is 2.50 bits per heavy atom. The number of aromatic nitrogens is 3. The summed E-state index contributed by atoms with van der Waals surface area (Å²) in [6, 6.07) is 3.12. The second-order valence-corrected chi connectivity index (χ2v) is 5.87. The van der Waals surface area contributed by atoms with E-state index in [1.54, 1.807) is 0 Å². The van der Waals surface area contributed by atoms with Crippen LogP contribution in [0.4, 0.5) is 4.39 Å². The van der Waals surface area contributed by atoms with Gasteiger partial charge in [-0.1, -0.05) is 11.6 Å². The molecule has 11 heteroatoms. The van der Waals surface area contributed by atoms with Crippen LogP contribution in [0.15, 0.2) is 32.9 Å². The molecule has 0 fully saturated rings. The van der Waals surface area contributed by atoms with Crippen molar-refractivity contribution in [3.63, 3.8) is 0 Å². The summed E-state index contributed by atoms with van der Waals surface area (Å²) in [7, 11) is 2.55. The number of carbonyl (C=O) groups excluding carboxylic acids is 2. The van der Waals surface area contributed by atoms with Gasteiger partial charge in [0.15, 0.2) is 0 Å². The molecule has 1 unspecified atom stereocenters. The van der Waals surface area contributed by atoms with Gasteiger partial charge in [-0.2, -0.15) is 10.2 Å². The molecular formula is C15H11ClFN5O4. The van der Waals surface area contributed by atoms with E-state index in [0.29, 0.717) is 4.57 Å². The molecule has 1 amide bonds. The molecule has 1 aliphatic rings. The average Bonchev–Trinajstić information content (AvgIpc) is 2.58. The van der Waals surface area contributed by atoms with Crippen molar-refractivity contribution in [2.75, 3.05) is 7.05 Å². The predicted octanol–water partition coefficient (Wildman–Crippen LogP) is -0.166. The van der Waals surface area contributed by atoms with Gasteiger partial charge >= 0.3 is 11.6 Å². The summed E-state index contributed by atoms with van der Waals surface area (Å²) >= 11 is 5.95. The largest absolute Gasteiger partial charge is 0.351 e. The van der Waals surface area contributed by atoms with Crippen LogP contribution in [0.5, 0.6) is 0 Å². The van der Waals surface area contributed by atoms with Gasteiger partial charge in [-0.25, -0.2) is 23.4 Å². The van der Waals surface area contributed by atoms with Gasteiger partial charge in [-0.15, -0.1) is 0 Å². The van der Waals surface area contributed by atoms with Crippen LogP contribution in [0.3, 0.4) is 0 Å². The SMILES string of the molecule is CN1N=CC(c2nn(C)c(=O)n(-c3ccc(F)cc3Cl)c2=O)C(=O)C1=O. The number of halogens is 2. The third-order valence-electron chi connectivity index (χ3n) is 3.77. The van der Waals surface area contributed by atoms with Crippen LogP contribution in [0.1, 0.15) is 11.6 Å². The molecule has 0 bridgehead atoms. The van der Waals surface area contributed by atoms with E-state index in [1.165, 1.54) is 14.1 Å². The molecule has 0 saturated carbocycles. The van der Waals surface area contributed by atoms with Crippen molar-refractivity contribution in [2.45, 2.75) is 5.92 Å². The third-order valence-corrected chi connectivity index (χ3v) is 4.07. The summed E-state index contributed by atoms with van der Waals surface area (Å²) < 4.78 is 14.8. The number of ketones is 1. The molecule has 2 aromatic rings. The van der Waals surface area contributed by atoms with Crippen LogP contribution in [0.25, 0.3) is 5.69 Å². The average molecular weight is 380 g/mol. The van der Waals surface area contributed by atoms with Crippen molar-refractivity contribution >= 4 is 29.5 Å². The number of Topliss-reactive ketones (excluding diaryl/α,β-unsaturated/α-hetero) is 1. The molecule has 0 saturated heterocycles. The van der Waals surface area contributed by atoms with Gasteiger partial charge in [-0.05, 0) is 18.2 Å². The fraction of sp³-hybridized carbons (Fsp3) is 0.200. The van der Waals surface area contributed by atoms with Crippen molar-refractivity contribution in [3.8, 4) is 5.69 Å². The maximum absolute atomic E-state index is 13.3. The van der Waals surface area contributed by atoms with Gasteiger partial charge in [0.05, 0.1) is 10.7 Å². The van der Waals surface area contributed by atoms with E-state index >= 15 is 0 Å². The third kappa shape index (κ3) is 2.73. The van der Waals surface area contributed by atoms with E-state index in [0.717, 1.165) is 34.1 Å². The Kier molecular flexibility index (Phi) is 4.28. The van der Waals surface area contributed by atoms with Crippen LogP contribution < -0.4 is 11.2 Å². The maximum Gasteiger partial charge on any atom is 0.351 e. The minimum atomic E-state index is -1.34. The smallest absolute Gasteiger partial charge is 0.287 e. The lowest BCUT2D eigenvalue weighted by molar-refractivity contribution is -0.144. The Balaban J connectivity index is 2.28. The van der Waals surface area contributed by atoms with Crippen molar-refractivity contribution in [1.29, 1.82) is 0 Å². The molecule has 2 heterocycles. The number of benzene rings is 1. The van der Waals surface area contributed by atoms with E-state index in [4.69, 9.17) is 11.6 Å². The minimum absolute atomic E-state index is 0.0778. The molecular weight excluding hydrogens is 369 g/mol. The molecule has 0 N–H and O–H groups in total. The normalized spacial score (nSPS) is 17.1. The van der Waals surface area contributed by atoms with Gasteiger partial charge in [-0.3, -0.25) is 14.4 Å². The summed E-state index contributed by atoms with van der Waals surface area (Å²) in [5, 5.41) is 8.19. The first-order chi connectivity index (χ1) is 12.2. The molecule has 1 atom stereocenters. The van der Waals surface area contributed by atoms with Gasteiger partial charge in [0.1, 0.15) is 17.4 Å². The lowest BCUT2D eigenvalue weighted by Crippen LogP contribution is -2.46. The van der Waals surface area contributed by atoms with Gasteiger partial charge in [0.2, 0.25) is 5.78 Å². The topological polar surface area (TPSA) is 107 Å². The van der Waals surface area contributed by atoms with Crippen LogP contribution in [0.2, 0.25) is 5.02 Å². The summed E-state index contributed by atoms with van der Waals surface area (Å²) in [5.74, 6) is -3.83. The molecule has 0 aliphatic carbocycles. The Morgan fingerprint density at radius 1 is 1.15 bits per heavy atom. The molecule has 0 radical (unpaired) electrons. The fourth-order valence-corrected chi connectivity index (χ4v) is 2.69. The Hall–Kier alpha value is -3.14. The van der Waals surface area contributed by atoms with Crippen LogP contribution >= 0.6 is 11.6 Å². The van der Waals surface area contributed by atoms with Crippen LogP contribution in [0, 0.1) is 5.82 Å². The Morgan fingerprint density at radius 2 is 1.85 bits per heavy atom. The monoisotopic (exact) mass is 379 g/mol. The lowest BCUT2D eigenvalue weighted by atomic mass is 10.00. The second-order valence-electron chi connectivity index (χ2n) is 5.46. The molecule has 26 heavy (non-hydrogen) atoms. The van der Waals surface area contributed by atoms with Gasteiger partial charge in [0, 0.05) is 20.3 Å². The van der Waals surface area contributed by atoms with Crippen molar-refractivity contribution in [2.24, 2.45) is 12.1 Å². The molecule has 3 rings (SSSR count). The first-order valence-corrected chi connectivity index (χ1v) is 7.62. The number of rotatable bonds is 2.